The molecule has 17 heavy (non-hydrogen) atoms. The number of carbonyl (C=O) groups is 1. The van der Waals surface area contributed by atoms with E-state index in [-0.39, 0.29) is 17.9 Å². The molecule has 92 valence electrons. The van der Waals surface area contributed by atoms with Crippen LogP contribution in [0, 0.1) is 0 Å². The van der Waals surface area contributed by atoms with Gasteiger partial charge in [-0.3, -0.25) is 4.79 Å². The number of aromatic nitrogens is 2. The Morgan fingerprint density at radius 3 is 2.94 bits per heavy atom. The Morgan fingerprint density at radius 2 is 2.35 bits per heavy atom. The number of carbonyl (C=O) groups excluding carboxylic acids is 1. The smallest absolute Gasteiger partial charge is 0.257 e. The number of amides is 1. The van der Waals surface area contributed by atoms with Crippen LogP contribution in [0.25, 0.3) is 0 Å². The summed E-state index contributed by atoms with van der Waals surface area (Å²) in [5.41, 5.74) is 7.23. The van der Waals surface area contributed by atoms with Crippen LogP contribution < -0.4 is 5.73 Å². The van der Waals surface area contributed by atoms with Crippen LogP contribution in [0.3, 0.4) is 0 Å². The summed E-state index contributed by atoms with van der Waals surface area (Å²) in [5.74, 6) is 0.218. The van der Waals surface area contributed by atoms with Crippen molar-refractivity contribution in [1.82, 2.24) is 14.9 Å². The molecule has 2 N–H and O–H groups in total. The Balaban J connectivity index is 2.25. The average molecular weight is 234 g/mol. The first-order valence-electron chi connectivity index (χ1n) is 5.94. The molecule has 1 fully saturated rings. The molecule has 1 aliphatic heterocycles. The Morgan fingerprint density at radius 1 is 1.59 bits per heavy atom. The molecule has 0 aromatic carbocycles. The fourth-order valence-electron chi connectivity index (χ4n) is 2.11. The summed E-state index contributed by atoms with van der Waals surface area (Å²) in [4.78, 5) is 22.2. The van der Waals surface area contributed by atoms with Crippen molar-refractivity contribution in [2.24, 2.45) is 5.73 Å². The first-order valence-corrected chi connectivity index (χ1v) is 5.94. The molecule has 1 atom stereocenters. The predicted molar refractivity (Wildman–Crippen MR) is 64.6 cm³/mol. The minimum atomic E-state index is 0.00208. The third kappa shape index (κ3) is 2.44. The second-order valence-electron chi connectivity index (χ2n) is 4.78. The summed E-state index contributed by atoms with van der Waals surface area (Å²) in [7, 11) is 0. The summed E-state index contributed by atoms with van der Waals surface area (Å²) in [6, 6.07) is 0.103. The maximum Gasteiger partial charge on any atom is 0.257 e. The van der Waals surface area contributed by atoms with E-state index in [1.807, 2.05) is 13.8 Å². The van der Waals surface area contributed by atoms with Gasteiger partial charge < -0.3 is 10.6 Å². The summed E-state index contributed by atoms with van der Waals surface area (Å²) in [5, 5.41) is 0. The molecule has 1 saturated heterocycles. The van der Waals surface area contributed by atoms with Crippen molar-refractivity contribution in [2.45, 2.75) is 32.2 Å². The molecule has 2 rings (SSSR count). The summed E-state index contributed by atoms with van der Waals surface area (Å²) in [6.45, 7) is 5.40. The Labute approximate surface area is 101 Å². The normalized spacial score (nSPS) is 20.0. The fraction of sp³-hybridized carbons (Fsp3) is 0.583. The lowest BCUT2D eigenvalue weighted by atomic mass is 10.0. The first-order chi connectivity index (χ1) is 8.09. The second-order valence-corrected chi connectivity index (χ2v) is 4.78. The van der Waals surface area contributed by atoms with Crippen LogP contribution in [0.4, 0.5) is 0 Å². The molecule has 0 aliphatic carbocycles. The van der Waals surface area contributed by atoms with Gasteiger partial charge in [0, 0.05) is 25.3 Å². The highest BCUT2D eigenvalue weighted by Crippen LogP contribution is 2.19. The molecule has 1 aromatic rings. The van der Waals surface area contributed by atoms with Crippen molar-refractivity contribution in [3.05, 3.63) is 23.8 Å². The van der Waals surface area contributed by atoms with Gasteiger partial charge in [-0.15, -0.1) is 0 Å². The molecule has 1 amide bonds. The van der Waals surface area contributed by atoms with Crippen molar-refractivity contribution in [2.75, 3.05) is 13.1 Å². The third-order valence-electron chi connectivity index (χ3n) is 3.03. The molecule has 5 heteroatoms. The number of rotatable bonds is 2. The van der Waals surface area contributed by atoms with E-state index >= 15 is 0 Å². The van der Waals surface area contributed by atoms with Gasteiger partial charge in [-0.25, -0.2) is 9.97 Å². The van der Waals surface area contributed by atoms with E-state index < -0.39 is 0 Å². The molecule has 1 aliphatic rings. The first kappa shape index (κ1) is 12.0. The van der Waals surface area contributed by atoms with Gasteiger partial charge in [0.25, 0.3) is 5.91 Å². The van der Waals surface area contributed by atoms with E-state index in [2.05, 4.69) is 9.97 Å². The van der Waals surface area contributed by atoms with Gasteiger partial charge in [0.05, 0.1) is 11.3 Å². The number of hydrogen-bond donors (Lipinski definition) is 1. The number of likely N-dealkylation sites (tertiary alicyclic amines) is 1. The average Bonchev–Trinajstić information content (AvgIpc) is 2.75. The van der Waals surface area contributed by atoms with Crippen molar-refractivity contribution in [3.63, 3.8) is 0 Å². The van der Waals surface area contributed by atoms with Gasteiger partial charge in [0.15, 0.2) is 0 Å². The van der Waals surface area contributed by atoms with Crippen LogP contribution in [-0.2, 0) is 0 Å². The van der Waals surface area contributed by atoms with Crippen LogP contribution in [-0.4, -0.2) is 39.9 Å². The zero-order valence-corrected chi connectivity index (χ0v) is 10.3. The molecular formula is C12H18N4O. The lowest BCUT2D eigenvalue weighted by Crippen LogP contribution is -2.32. The predicted octanol–water partition coefficient (Wildman–Crippen LogP) is 0.773. The molecule has 0 bridgehead atoms. The van der Waals surface area contributed by atoms with Crippen molar-refractivity contribution in [1.29, 1.82) is 0 Å². The van der Waals surface area contributed by atoms with Crippen LogP contribution in [0.15, 0.2) is 12.5 Å². The van der Waals surface area contributed by atoms with Crippen molar-refractivity contribution < 1.29 is 4.79 Å². The summed E-state index contributed by atoms with van der Waals surface area (Å²) in [6.07, 6.45) is 3.97. The van der Waals surface area contributed by atoms with Crippen LogP contribution >= 0.6 is 0 Å². The van der Waals surface area contributed by atoms with Crippen LogP contribution in [0.5, 0.6) is 0 Å². The summed E-state index contributed by atoms with van der Waals surface area (Å²) >= 11 is 0. The van der Waals surface area contributed by atoms with Gasteiger partial charge in [-0.05, 0) is 12.3 Å². The third-order valence-corrected chi connectivity index (χ3v) is 3.03. The highest BCUT2D eigenvalue weighted by Gasteiger charge is 2.27. The lowest BCUT2D eigenvalue weighted by molar-refractivity contribution is 0.0788. The minimum Gasteiger partial charge on any atom is -0.337 e. The molecule has 0 spiro atoms. The molecule has 0 radical (unpaired) electrons. The molecule has 0 unspecified atom stereocenters. The Bertz CT molecular complexity index is 419. The lowest BCUT2D eigenvalue weighted by Gasteiger charge is -2.18. The maximum atomic E-state index is 12.3. The molecule has 1 aromatic heterocycles. The number of nitrogens with two attached hydrogens (primary N) is 1. The van der Waals surface area contributed by atoms with Crippen LogP contribution in [0.2, 0.25) is 0 Å². The number of nitrogens with zero attached hydrogens (tertiary/aromatic N) is 3. The molecular weight excluding hydrogens is 216 g/mol. The van der Waals surface area contributed by atoms with Crippen LogP contribution in [0.1, 0.15) is 42.2 Å². The van der Waals surface area contributed by atoms with E-state index in [4.69, 9.17) is 5.73 Å². The second kappa shape index (κ2) is 4.79. The van der Waals surface area contributed by atoms with Gasteiger partial charge in [-0.1, -0.05) is 13.8 Å². The van der Waals surface area contributed by atoms with Gasteiger partial charge in [0.1, 0.15) is 6.33 Å². The maximum absolute atomic E-state index is 12.3. The minimum absolute atomic E-state index is 0.00208. The molecule has 5 nitrogen and oxygen atoms in total. The molecule has 0 saturated carbocycles. The van der Waals surface area contributed by atoms with Crippen molar-refractivity contribution in [3.8, 4) is 0 Å². The zero-order chi connectivity index (χ0) is 12.4. The highest BCUT2D eigenvalue weighted by molar-refractivity contribution is 5.95. The topological polar surface area (TPSA) is 72.1 Å². The largest absolute Gasteiger partial charge is 0.337 e. The monoisotopic (exact) mass is 234 g/mol. The zero-order valence-electron chi connectivity index (χ0n) is 10.3. The van der Waals surface area contributed by atoms with Gasteiger partial charge in [-0.2, -0.15) is 0 Å². The van der Waals surface area contributed by atoms with E-state index in [0.717, 1.165) is 18.7 Å². The Hall–Kier alpha value is -1.49. The SMILES string of the molecule is CC(C)c1ncncc1C(=O)N1CC[C@@H](N)C1. The quantitative estimate of drug-likeness (QED) is 0.820. The Kier molecular flexibility index (Phi) is 3.38. The van der Waals surface area contributed by atoms with E-state index in [9.17, 15) is 4.79 Å². The molecule has 2 heterocycles. The highest BCUT2D eigenvalue weighted by atomic mass is 16.2. The van der Waals surface area contributed by atoms with Gasteiger partial charge >= 0.3 is 0 Å². The fourth-order valence-corrected chi connectivity index (χ4v) is 2.11. The number of hydrogen-bond acceptors (Lipinski definition) is 4. The van der Waals surface area contributed by atoms with Crippen molar-refractivity contribution >= 4 is 5.91 Å². The van der Waals surface area contributed by atoms with E-state index in [0.29, 0.717) is 12.1 Å². The standard InChI is InChI=1S/C12H18N4O/c1-8(2)11-10(5-14-7-15-11)12(17)16-4-3-9(13)6-16/h5,7-9H,3-4,6,13H2,1-2H3/t9-/m1/s1. The van der Waals surface area contributed by atoms with Gasteiger partial charge in [0.2, 0.25) is 0 Å². The van der Waals surface area contributed by atoms with E-state index in [1.165, 1.54) is 6.33 Å². The summed E-state index contributed by atoms with van der Waals surface area (Å²) < 4.78 is 0. The van der Waals surface area contributed by atoms with E-state index in [1.54, 1.807) is 11.1 Å².